The third-order valence-electron chi connectivity index (χ3n) is 4.55. The zero-order valence-electron chi connectivity index (χ0n) is 14.0. The SMILES string of the molecule is COc1cc(-c2cncc(N3CCc4ccccc4C3)n2)ccc1O. The first kappa shape index (κ1) is 15.4. The molecule has 0 unspecified atom stereocenters. The van der Waals surface area contributed by atoms with E-state index in [1.807, 2.05) is 6.07 Å². The number of ether oxygens (including phenoxy) is 1. The summed E-state index contributed by atoms with van der Waals surface area (Å²) in [4.78, 5) is 11.4. The van der Waals surface area contributed by atoms with Gasteiger partial charge >= 0.3 is 0 Å². The number of hydrogen-bond donors (Lipinski definition) is 1. The molecule has 4 rings (SSSR count). The highest BCUT2D eigenvalue weighted by atomic mass is 16.5. The predicted molar refractivity (Wildman–Crippen MR) is 96.9 cm³/mol. The maximum atomic E-state index is 9.76. The topological polar surface area (TPSA) is 58.5 Å². The number of nitrogens with zero attached hydrogens (tertiary/aromatic N) is 3. The fraction of sp³-hybridized carbons (Fsp3) is 0.200. The maximum Gasteiger partial charge on any atom is 0.161 e. The molecule has 1 aliphatic heterocycles. The van der Waals surface area contributed by atoms with Crippen LogP contribution in [0.15, 0.2) is 54.9 Å². The third kappa shape index (κ3) is 3.01. The van der Waals surface area contributed by atoms with Crippen LogP contribution >= 0.6 is 0 Å². The average molecular weight is 333 g/mol. The molecule has 1 N–H and O–H groups in total. The van der Waals surface area contributed by atoms with Crippen molar-refractivity contribution in [3.63, 3.8) is 0 Å². The Bertz CT molecular complexity index is 911. The van der Waals surface area contributed by atoms with Gasteiger partial charge in [0.05, 0.1) is 25.2 Å². The molecular formula is C20H19N3O2. The van der Waals surface area contributed by atoms with Crippen LogP contribution in [0.4, 0.5) is 5.82 Å². The Kier molecular flexibility index (Phi) is 3.98. The molecule has 0 amide bonds. The summed E-state index contributed by atoms with van der Waals surface area (Å²) in [5.41, 5.74) is 4.37. The van der Waals surface area contributed by atoms with Crippen LogP contribution in [-0.2, 0) is 13.0 Å². The number of methoxy groups -OCH3 is 1. The molecule has 0 aliphatic carbocycles. The van der Waals surface area contributed by atoms with Gasteiger partial charge in [0.25, 0.3) is 0 Å². The van der Waals surface area contributed by atoms with E-state index in [1.165, 1.54) is 18.2 Å². The lowest BCUT2D eigenvalue weighted by Gasteiger charge is -2.29. The van der Waals surface area contributed by atoms with Crippen molar-refractivity contribution >= 4 is 5.82 Å². The number of fused-ring (bicyclic) bond motifs is 1. The molecule has 0 saturated carbocycles. The van der Waals surface area contributed by atoms with Gasteiger partial charge in [0, 0.05) is 18.7 Å². The third-order valence-corrected chi connectivity index (χ3v) is 4.55. The Labute approximate surface area is 146 Å². The molecule has 1 aliphatic rings. The monoisotopic (exact) mass is 333 g/mol. The zero-order chi connectivity index (χ0) is 17.2. The quantitative estimate of drug-likeness (QED) is 0.796. The van der Waals surface area contributed by atoms with E-state index in [1.54, 1.807) is 24.5 Å². The molecular weight excluding hydrogens is 314 g/mol. The van der Waals surface area contributed by atoms with Gasteiger partial charge in [-0.05, 0) is 35.7 Å². The Morgan fingerprint density at radius 3 is 2.76 bits per heavy atom. The molecule has 0 atom stereocenters. The molecule has 1 aromatic heterocycles. The van der Waals surface area contributed by atoms with Gasteiger partial charge in [-0.1, -0.05) is 24.3 Å². The van der Waals surface area contributed by atoms with Crippen LogP contribution in [0, 0.1) is 0 Å². The van der Waals surface area contributed by atoms with Crippen LogP contribution in [0.3, 0.4) is 0 Å². The minimum atomic E-state index is 0.114. The molecule has 126 valence electrons. The number of hydrogen-bond acceptors (Lipinski definition) is 5. The number of phenolic OH excluding ortho intramolecular Hbond substituents is 1. The first-order chi connectivity index (χ1) is 12.2. The lowest BCUT2D eigenvalue weighted by atomic mass is 10.00. The van der Waals surface area contributed by atoms with Crippen molar-refractivity contribution < 1.29 is 9.84 Å². The standard InChI is InChI=1S/C20H19N3O2/c1-25-19-10-15(6-7-18(19)24)17-11-21-12-20(22-17)23-9-8-14-4-2-3-5-16(14)13-23/h2-7,10-12,24H,8-9,13H2,1H3. The Morgan fingerprint density at radius 2 is 1.92 bits per heavy atom. The molecule has 25 heavy (non-hydrogen) atoms. The first-order valence-corrected chi connectivity index (χ1v) is 8.26. The second-order valence-corrected chi connectivity index (χ2v) is 6.09. The van der Waals surface area contributed by atoms with E-state index in [2.05, 4.69) is 34.1 Å². The van der Waals surface area contributed by atoms with Gasteiger partial charge in [-0.15, -0.1) is 0 Å². The molecule has 0 fully saturated rings. The van der Waals surface area contributed by atoms with Gasteiger partial charge in [0.1, 0.15) is 5.82 Å². The second kappa shape index (κ2) is 6.43. The van der Waals surface area contributed by atoms with Crippen LogP contribution in [0.5, 0.6) is 11.5 Å². The molecule has 5 nitrogen and oxygen atoms in total. The van der Waals surface area contributed by atoms with E-state index in [9.17, 15) is 5.11 Å². The number of phenols is 1. The van der Waals surface area contributed by atoms with Crippen molar-refractivity contribution in [3.05, 3.63) is 66.0 Å². The van der Waals surface area contributed by atoms with Crippen molar-refractivity contribution in [3.8, 4) is 22.8 Å². The first-order valence-electron chi connectivity index (χ1n) is 8.26. The van der Waals surface area contributed by atoms with Gasteiger partial charge < -0.3 is 14.7 Å². The normalized spacial score (nSPS) is 13.4. The second-order valence-electron chi connectivity index (χ2n) is 6.09. The van der Waals surface area contributed by atoms with Crippen LogP contribution < -0.4 is 9.64 Å². The summed E-state index contributed by atoms with van der Waals surface area (Å²) in [6.45, 7) is 1.77. The summed E-state index contributed by atoms with van der Waals surface area (Å²) < 4.78 is 5.18. The highest BCUT2D eigenvalue weighted by Crippen LogP contribution is 2.31. The molecule has 0 spiro atoms. The van der Waals surface area contributed by atoms with Gasteiger partial charge in [0.15, 0.2) is 11.5 Å². The predicted octanol–water partition coefficient (Wildman–Crippen LogP) is 3.42. The van der Waals surface area contributed by atoms with Crippen LogP contribution in [0.1, 0.15) is 11.1 Å². The Morgan fingerprint density at radius 1 is 1.08 bits per heavy atom. The molecule has 0 bridgehead atoms. The van der Waals surface area contributed by atoms with E-state index >= 15 is 0 Å². The smallest absolute Gasteiger partial charge is 0.161 e. The minimum Gasteiger partial charge on any atom is -0.504 e. The van der Waals surface area contributed by atoms with Crippen molar-refractivity contribution in [2.45, 2.75) is 13.0 Å². The van der Waals surface area contributed by atoms with Gasteiger partial charge in [-0.25, -0.2) is 4.98 Å². The number of benzene rings is 2. The molecule has 5 heteroatoms. The Hall–Kier alpha value is -3.08. The highest BCUT2D eigenvalue weighted by Gasteiger charge is 2.18. The molecule has 0 radical (unpaired) electrons. The molecule has 3 aromatic rings. The Balaban J connectivity index is 1.64. The summed E-state index contributed by atoms with van der Waals surface area (Å²) >= 11 is 0. The molecule has 2 aromatic carbocycles. The fourth-order valence-corrected chi connectivity index (χ4v) is 3.18. The number of rotatable bonds is 3. The fourth-order valence-electron chi connectivity index (χ4n) is 3.18. The van der Waals surface area contributed by atoms with Crippen molar-refractivity contribution in [1.29, 1.82) is 0 Å². The van der Waals surface area contributed by atoms with E-state index in [4.69, 9.17) is 9.72 Å². The van der Waals surface area contributed by atoms with Crippen molar-refractivity contribution in [2.75, 3.05) is 18.6 Å². The summed E-state index contributed by atoms with van der Waals surface area (Å²) in [5, 5.41) is 9.76. The summed E-state index contributed by atoms with van der Waals surface area (Å²) in [7, 11) is 1.53. The van der Waals surface area contributed by atoms with Gasteiger partial charge in [-0.3, -0.25) is 4.98 Å². The zero-order valence-corrected chi connectivity index (χ0v) is 14.0. The van der Waals surface area contributed by atoms with Crippen LogP contribution in [0.2, 0.25) is 0 Å². The maximum absolute atomic E-state index is 9.76. The lowest BCUT2D eigenvalue weighted by molar-refractivity contribution is 0.373. The number of aromatic hydroxyl groups is 1. The van der Waals surface area contributed by atoms with E-state index in [-0.39, 0.29) is 5.75 Å². The van der Waals surface area contributed by atoms with Crippen LogP contribution in [0.25, 0.3) is 11.3 Å². The molecule has 0 saturated heterocycles. The van der Waals surface area contributed by atoms with E-state index in [0.717, 1.165) is 36.6 Å². The van der Waals surface area contributed by atoms with E-state index in [0.29, 0.717) is 5.75 Å². The van der Waals surface area contributed by atoms with Gasteiger partial charge in [-0.2, -0.15) is 0 Å². The minimum absolute atomic E-state index is 0.114. The summed E-state index contributed by atoms with van der Waals surface area (Å²) in [5.74, 6) is 1.40. The number of anilines is 1. The van der Waals surface area contributed by atoms with Gasteiger partial charge in [0.2, 0.25) is 0 Å². The van der Waals surface area contributed by atoms with Crippen LogP contribution in [-0.4, -0.2) is 28.7 Å². The highest BCUT2D eigenvalue weighted by molar-refractivity contribution is 5.64. The largest absolute Gasteiger partial charge is 0.504 e. The summed E-state index contributed by atoms with van der Waals surface area (Å²) in [6, 6.07) is 13.7. The van der Waals surface area contributed by atoms with E-state index < -0.39 is 0 Å². The average Bonchev–Trinajstić information content (AvgIpc) is 2.68. The number of aromatic nitrogens is 2. The lowest BCUT2D eigenvalue weighted by Crippen LogP contribution is -2.31. The summed E-state index contributed by atoms with van der Waals surface area (Å²) in [6.07, 6.45) is 4.54. The molecule has 2 heterocycles. The van der Waals surface area contributed by atoms with Crippen molar-refractivity contribution in [2.24, 2.45) is 0 Å². The van der Waals surface area contributed by atoms with Crippen molar-refractivity contribution in [1.82, 2.24) is 9.97 Å².